The summed E-state index contributed by atoms with van der Waals surface area (Å²) >= 11 is 5.68. The number of hydrogen-bond donors (Lipinski definition) is 1. The molecular formula is C15H16ClFN2. The minimum Gasteiger partial charge on any atom is -0.306 e. The van der Waals surface area contributed by atoms with Crippen molar-refractivity contribution < 1.29 is 4.39 Å². The molecule has 1 aromatic heterocycles. The molecule has 1 unspecified atom stereocenters. The highest BCUT2D eigenvalue weighted by atomic mass is 35.5. The van der Waals surface area contributed by atoms with E-state index in [2.05, 4.69) is 10.3 Å². The van der Waals surface area contributed by atoms with Crippen molar-refractivity contribution >= 4 is 11.6 Å². The van der Waals surface area contributed by atoms with Crippen LogP contribution in [-0.4, -0.2) is 4.98 Å². The molecule has 0 aliphatic rings. The fraction of sp³-hybridized carbons (Fsp3) is 0.267. The van der Waals surface area contributed by atoms with Gasteiger partial charge in [0.15, 0.2) is 0 Å². The highest BCUT2D eigenvalue weighted by molar-refractivity contribution is 6.30. The number of halogens is 2. The molecule has 0 saturated heterocycles. The third-order valence-electron chi connectivity index (χ3n) is 3.19. The molecule has 1 heterocycles. The molecule has 0 fully saturated rings. The SMILES string of the molecule is Cc1ccncc1CNC(C)c1ccc(Cl)c(F)c1. The van der Waals surface area contributed by atoms with Gasteiger partial charge in [0, 0.05) is 25.0 Å². The Bertz CT molecular complexity index is 572. The van der Waals surface area contributed by atoms with Gasteiger partial charge in [-0.2, -0.15) is 0 Å². The van der Waals surface area contributed by atoms with Gasteiger partial charge in [-0.1, -0.05) is 17.7 Å². The first-order valence-corrected chi connectivity index (χ1v) is 6.53. The summed E-state index contributed by atoms with van der Waals surface area (Å²) in [7, 11) is 0. The van der Waals surface area contributed by atoms with Crippen LogP contribution >= 0.6 is 11.6 Å². The normalized spacial score (nSPS) is 12.4. The fourth-order valence-electron chi connectivity index (χ4n) is 1.84. The highest BCUT2D eigenvalue weighted by Gasteiger charge is 2.08. The molecule has 0 spiro atoms. The van der Waals surface area contributed by atoms with Crippen molar-refractivity contribution in [2.75, 3.05) is 0 Å². The Morgan fingerprint density at radius 1 is 1.37 bits per heavy atom. The summed E-state index contributed by atoms with van der Waals surface area (Å²) in [5.41, 5.74) is 3.21. The Hall–Kier alpha value is -1.45. The summed E-state index contributed by atoms with van der Waals surface area (Å²) < 4.78 is 13.4. The zero-order valence-electron chi connectivity index (χ0n) is 11.0. The smallest absolute Gasteiger partial charge is 0.142 e. The Balaban J connectivity index is 2.03. The highest BCUT2D eigenvalue weighted by Crippen LogP contribution is 2.20. The Labute approximate surface area is 117 Å². The lowest BCUT2D eigenvalue weighted by atomic mass is 10.1. The molecule has 0 aliphatic heterocycles. The number of aromatic nitrogens is 1. The lowest BCUT2D eigenvalue weighted by Crippen LogP contribution is -2.18. The summed E-state index contributed by atoms with van der Waals surface area (Å²) in [5.74, 6) is -0.384. The maximum atomic E-state index is 13.4. The number of pyridine rings is 1. The van der Waals surface area contributed by atoms with Crippen molar-refractivity contribution in [2.45, 2.75) is 26.4 Å². The summed E-state index contributed by atoms with van der Waals surface area (Å²) in [6.45, 7) is 4.74. The number of nitrogens with one attached hydrogen (secondary N) is 1. The number of benzene rings is 1. The Kier molecular flexibility index (Phi) is 4.51. The van der Waals surface area contributed by atoms with Crippen molar-refractivity contribution in [3.8, 4) is 0 Å². The van der Waals surface area contributed by atoms with Crippen LogP contribution < -0.4 is 5.32 Å². The second-order valence-corrected chi connectivity index (χ2v) is 4.99. The molecule has 0 aliphatic carbocycles. The second-order valence-electron chi connectivity index (χ2n) is 4.58. The average Bonchev–Trinajstić information content (AvgIpc) is 2.40. The monoisotopic (exact) mass is 278 g/mol. The van der Waals surface area contributed by atoms with E-state index < -0.39 is 0 Å². The zero-order valence-corrected chi connectivity index (χ0v) is 11.7. The van der Waals surface area contributed by atoms with E-state index in [0.29, 0.717) is 6.54 Å². The molecule has 1 atom stereocenters. The maximum absolute atomic E-state index is 13.4. The van der Waals surface area contributed by atoms with Gasteiger partial charge in [0.05, 0.1) is 5.02 Å². The van der Waals surface area contributed by atoms with Gasteiger partial charge in [-0.3, -0.25) is 4.98 Å². The number of hydrogen-bond acceptors (Lipinski definition) is 2. The van der Waals surface area contributed by atoms with Crippen molar-refractivity contribution in [1.82, 2.24) is 10.3 Å². The molecule has 19 heavy (non-hydrogen) atoms. The molecule has 0 amide bonds. The van der Waals surface area contributed by atoms with Gasteiger partial charge in [0.1, 0.15) is 5.82 Å². The van der Waals surface area contributed by atoms with Crippen LogP contribution in [0.15, 0.2) is 36.7 Å². The van der Waals surface area contributed by atoms with E-state index in [-0.39, 0.29) is 16.9 Å². The first-order chi connectivity index (χ1) is 9.08. The van der Waals surface area contributed by atoms with Crippen LogP contribution in [0, 0.1) is 12.7 Å². The molecule has 0 radical (unpaired) electrons. The van der Waals surface area contributed by atoms with Crippen LogP contribution in [0.2, 0.25) is 5.02 Å². The molecule has 0 saturated carbocycles. The Morgan fingerprint density at radius 3 is 2.84 bits per heavy atom. The first kappa shape index (κ1) is 14.0. The van der Waals surface area contributed by atoms with E-state index >= 15 is 0 Å². The maximum Gasteiger partial charge on any atom is 0.142 e. The van der Waals surface area contributed by atoms with Gasteiger partial charge >= 0.3 is 0 Å². The van der Waals surface area contributed by atoms with Gasteiger partial charge < -0.3 is 5.32 Å². The summed E-state index contributed by atoms with van der Waals surface area (Å²) in [6.07, 6.45) is 3.62. The van der Waals surface area contributed by atoms with Crippen LogP contribution in [0.5, 0.6) is 0 Å². The van der Waals surface area contributed by atoms with Gasteiger partial charge in [-0.25, -0.2) is 4.39 Å². The molecule has 2 aromatic rings. The van der Waals surface area contributed by atoms with E-state index in [1.807, 2.05) is 32.2 Å². The van der Waals surface area contributed by atoms with Crippen LogP contribution in [0.1, 0.15) is 29.7 Å². The first-order valence-electron chi connectivity index (χ1n) is 6.15. The molecule has 1 aromatic carbocycles. The van der Waals surface area contributed by atoms with Crippen molar-refractivity contribution in [1.29, 1.82) is 0 Å². The van der Waals surface area contributed by atoms with E-state index in [1.54, 1.807) is 12.3 Å². The van der Waals surface area contributed by atoms with E-state index in [9.17, 15) is 4.39 Å². The van der Waals surface area contributed by atoms with Crippen molar-refractivity contribution in [3.63, 3.8) is 0 Å². The predicted octanol–water partition coefficient (Wildman–Crippen LogP) is 4.03. The van der Waals surface area contributed by atoms with Gasteiger partial charge in [-0.15, -0.1) is 0 Å². The number of nitrogens with zero attached hydrogens (tertiary/aromatic N) is 1. The lowest BCUT2D eigenvalue weighted by molar-refractivity contribution is 0.563. The molecule has 0 bridgehead atoms. The minimum atomic E-state index is -0.384. The number of aryl methyl sites for hydroxylation is 1. The second kappa shape index (κ2) is 6.13. The van der Waals surface area contributed by atoms with Crippen molar-refractivity contribution in [3.05, 3.63) is 64.2 Å². The topological polar surface area (TPSA) is 24.9 Å². The molecule has 2 nitrogen and oxygen atoms in total. The summed E-state index contributed by atoms with van der Waals surface area (Å²) in [5, 5.41) is 3.50. The van der Waals surface area contributed by atoms with E-state index in [4.69, 9.17) is 11.6 Å². The van der Waals surface area contributed by atoms with Gasteiger partial charge in [-0.05, 0) is 48.7 Å². The summed E-state index contributed by atoms with van der Waals surface area (Å²) in [4.78, 5) is 4.10. The Morgan fingerprint density at radius 2 is 2.16 bits per heavy atom. The molecule has 2 rings (SSSR count). The zero-order chi connectivity index (χ0) is 13.8. The van der Waals surface area contributed by atoms with Crippen molar-refractivity contribution in [2.24, 2.45) is 0 Å². The van der Waals surface area contributed by atoms with E-state index in [0.717, 1.165) is 11.1 Å². The summed E-state index contributed by atoms with van der Waals surface area (Å²) in [6, 6.07) is 6.91. The quantitative estimate of drug-likeness (QED) is 0.913. The number of rotatable bonds is 4. The van der Waals surface area contributed by atoms with E-state index in [1.165, 1.54) is 11.6 Å². The van der Waals surface area contributed by atoms with Crippen LogP contribution in [0.25, 0.3) is 0 Å². The molecule has 100 valence electrons. The van der Waals surface area contributed by atoms with Crippen LogP contribution in [0.4, 0.5) is 4.39 Å². The third-order valence-corrected chi connectivity index (χ3v) is 3.50. The predicted molar refractivity (Wildman–Crippen MR) is 75.6 cm³/mol. The van der Waals surface area contributed by atoms with Crippen LogP contribution in [-0.2, 0) is 6.54 Å². The van der Waals surface area contributed by atoms with Crippen LogP contribution in [0.3, 0.4) is 0 Å². The average molecular weight is 279 g/mol. The van der Waals surface area contributed by atoms with Gasteiger partial charge in [0.2, 0.25) is 0 Å². The molecular weight excluding hydrogens is 263 g/mol. The van der Waals surface area contributed by atoms with Gasteiger partial charge in [0.25, 0.3) is 0 Å². The lowest BCUT2D eigenvalue weighted by Gasteiger charge is -2.15. The fourth-order valence-corrected chi connectivity index (χ4v) is 1.96. The largest absolute Gasteiger partial charge is 0.306 e. The molecule has 4 heteroatoms. The minimum absolute atomic E-state index is 0.0476. The molecule has 1 N–H and O–H groups in total. The standard InChI is InChI=1S/C15H16ClFN2/c1-10-5-6-18-8-13(10)9-19-11(2)12-3-4-14(16)15(17)7-12/h3-8,11,19H,9H2,1-2H3. The third kappa shape index (κ3) is 3.52.